The molecule has 5 aliphatic carbocycles. The summed E-state index contributed by atoms with van der Waals surface area (Å²) < 4.78 is 12.9. The Bertz CT molecular complexity index is 1040. The molecule has 1 N–H and O–H groups in total. The van der Waals surface area contributed by atoms with Crippen LogP contribution >= 0.6 is 0 Å². The van der Waals surface area contributed by atoms with Gasteiger partial charge in [-0.15, -0.1) is 0 Å². The van der Waals surface area contributed by atoms with Crippen molar-refractivity contribution in [3.63, 3.8) is 0 Å². The van der Waals surface area contributed by atoms with Crippen LogP contribution in [0.5, 0.6) is 0 Å². The Kier molecular flexibility index (Phi) is 7.16. The first-order valence-corrected chi connectivity index (χ1v) is 15.8. The summed E-state index contributed by atoms with van der Waals surface area (Å²) >= 11 is 0. The number of ether oxygens (including phenoxy) is 2. The molecule has 6 rings (SSSR count). The van der Waals surface area contributed by atoms with Crippen LogP contribution in [-0.2, 0) is 19.1 Å². The molecule has 1 heterocycles. The quantitative estimate of drug-likeness (QED) is 0.307. The van der Waals surface area contributed by atoms with Crippen molar-refractivity contribution in [3.05, 3.63) is 23.3 Å². The highest BCUT2D eigenvalue weighted by Crippen LogP contribution is 2.82. The van der Waals surface area contributed by atoms with E-state index in [0.29, 0.717) is 44.1 Å². The van der Waals surface area contributed by atoms with Crippen LogP contribution in [0, 0.1) is 45.8 Å². The zero-order valence-electron chi connectivity index (χ0n) is 24.5. The van der Waals surface area contributed by atoms with Gasteiger partial charge in [0.05, 0.1) is 25.2 Å². The fourth-order valence-corrected chi connectivity index (χ4v) is 10.5. The Labute approximate surface area is 234 Å². The summed E-state index contributed by atoms with van der Waals surface area (Å²) in [6.45, 7) is 11.3. The van der Waals surface area contributed by atoms with Gasteiger partial charge >= 0.3 is 5.97 Å². The van der Waals surface area contributed by atoms with Crippen LogP contribution in [0.4, 0.5) is 0 Å². The van der Waals surface area contributed by atoms with Crippen LogP contribution in [-0.4, -0.2) is 60.9 Å². The fraction of sp³-hybridized carbons (Fsp3) is 0.818. The second-order valence-corrected chi connectivity index (χ2v) is 14.3. The van der Waals surface area contributed by atoms with Crippen molar-refractivity contribution in [2.24, 2.45) is 45.8 Å². The van der Waals surface area contributed by atoms with Crippen molar-refractivity contribution in [2.45, 2.75) is 97.8 Å². The zero-order valence-corrected chi connectivity index (χ0v) is 24.5. The molecule has 0 aromatic heterocycles. The molecular weight excluding hydrogens is 490 g/mol. The van der Waals surface area contributed by atoms with Crippen LogP contribution in [0.1, 0.15) is 85.5 Å². The fourth-order valence-electron chi connectivity index (χ4n) is 10.5. The zero-order chi connectivity index (χ0) is 27.6. The summed E-state index contributed by atoms with van der Waals surface area (Å²) in [7, 11) is 0. The van der Waals surface area contributed by atoms with Crippen molar-refractivity contribution in [3.8, 4) is 0 Å². The maximum Gasteiger partial charge on any atom is 0.315 e. The first-order chi connectivity index (χ1) is 18.7. The van der Waals surface area contributed by atoms with E-state index in [9.17, 15) is 14.7 Å². The van der Waals surface area contributed by atoms with E-state index in [2.05, 4.69) is 44.7 Å². The van der Waals surface area contributed by atoms with Crippen molar-refractivity contribution in [2.75, 3.05) is 26.3 Å². The number of rotatable bonds is 8. The highest BCUT2D eigenvalue weighted by Gasteiger charge is 2.84. The number of hydrogen-bond donors (Lipinski definition) is 1. The predicted octanol–water partition coefficient (Wildman–Crippen LogP) is 5.86. The van der Waals surface area contributed by atoms with E-state index in [1.165, 1.54) is 32.1 Å². The van der Waals surface area contributed by atoms with E-state index in [1.807, 2.05) is 0 Å². The van der Waals surface area contributed by atoms with E-state index in [0.717, 1.165) is 37.7 Å². The number of carboxylic acid groups (broad SMARTS) is 1. The van der Waals surface area contributed by atoms with Crippen LogP contribution in [0.3, 0.4) is 0 Å². The van der Waals surface area contributed by atoms with Crippen LogP contribution < -0.4 is 0 Å². The average Bonchev–Trinajstić information content (AvgIpc) is 3.50. The van der Waals surface area contributed by atoms with Crippen molar-refractivity contribution in [1.82, 2.24) is 4.90 Å². The van der Waals surface area contributed by atoms with Gasteiger partial charge in [-0.2, -0.15) is 0 Å². The average molecular weight is 540 g/mol. The standard InChI is InChI=1S/C33H49NO5/c1-21(2)28-14-25-15-31(19-35)27-11-10-22(3)26(27)16-32(25,33(28,31)30(36)37)20-39-29-17-34(23(4)18-38-29)13-12-24-8-6-5-7-9-24/h12,14,19,21-23,25-27,29H,5-11,13,15-18,20H2,1-4H3,(H,36,37)/t22-,23-,25?,26-,27-,29+,31?,32?,33+/m1/s1. The summed E-state index contributed by atoms with van der Waals surface area (Å²) in [6.07, 6.45) is 15.3. The molecule has 3 unspecified atom stereocenters. The number of aliphatic carboxylic acids is 1. The summed E-state index contributed by atoms with van der Waals surface area (Å²) in [5.41, 5.74) is -0.0602. The third-order valence-electron chi connectivity index (χ3n) is 12.3. The molecule has 0 radical (unpaired) electrons. The van der Waals surface area contributed by atoms with Gasteiger partial charge in [0.15, 0.2) is 6.29 Å². The lowest BCUT2D eigenvalue weighted by Crippen LogP contribution is -2.64. The number of carbonyl (C=O) groups excluding carboxylic acids is 1. The van der Waals surface area contributed by atoms with E-state index in [4.69, 9.17) is 9.47 Å². The SMILES string of the molecule is CC(C)C1=CC2CC3(C=O)[C@@H]4CC[C@@H](C)[C@H]4CC2(CO[C@H]2CN(CC=C4CCCCC4)[C@H](C)CO2)[C@]13C(=O)O. The number of aldehydes is 1. The van der Waals surface area contributed by atoms with Gasteiger partial charge < -0.3 is 19.4 Å². The number of morpholine rings is 1. The lowest BCUT2D eigenvalue weighted by atomic mass is 9.43. The van der Waals surface area contributed by atoms with Gasteiger partial charge in [0, 0.05) is 18.0 Å². The van der Waals surface area contributed by atoms with Gasteiger partial charge in [-0.25, -0.2) is 0 Å². The number of carboxylic acids is 1. The Balaban J connectivity index is 1.28. The Hall–Kier alpha value is -1.50. The lowest BCUT2D eigenvalue weighted by molar-refractivity contribution is -0.227. The number of hydrogen-bond acceptors (Lipinski definition) is 5. The van der Waals surface area contributed by atoms with E-state index in [1.54, 1.807) is 5.57 Å². The number of carbonyl (C=O) groups is 2. The Morgan fingerprint density at radius 3 is 2.67 bits per heavy atom. The van der Waals surface area contributed by atoms with Gasteiger partial charge in [0.1, 0.15) is 11.7 Å². The van der Waals surface area contributed by atoms with Gasteiger partial charge in [0.2, 0.25) is 0 Å². The lowest BCUT2D eigenvalue weighted by Gasteiger charge is -2.58. The summed E-state index contributed by atoms with van der Waals surface area (Å²) in [5, 5.41) is 11.2. The molecule has 6 nitrogen and oxygen atoms in total. The minimum absolute atomic E-state index is 0.0589. The summed E-state index contributed by atoms with van der Waals surface area (Å²) in [4.78, 5) is 29.3. The third-order valence-corrected chi connectivity index (χ3v) is 12.3. The van der Waals surface area contributed by atoms with E-state index in [-0.39, 0.29) is 24.0 Å². The van der Waals surface area contributed by atoms with Crippen molar-refractivity contribution >= 4 is 12.3 Å². The highest BCUT2D eigenvalue weighted by atomic mass is 16.7. The molecule has 4 saturated carbocycles. The minimum Gasteiger partial charge on any atom is -0.481 e. The molecule has 6 aliphatic rings. The molecule has 5 fully saturated rings. The summed E-state index contributed by atoms with van der Waals surface area (Å²) in [6, 6.07) is 0.322. The van der Waals surface area contributed by atoms with Crippen LogP contribution in [0.25, 0.3) is 0 Å². The summed E-state index contributed by atoms with van der Waals surface area (Å²) in [5.74, 6) is 0.364. The maximum absolute atomic E-state index is 13.6. The molecule has 1 aliphatic heterocycles. The number of allylic oxidation sites excluding steroid dienone is 2. The number of fused-ring (bicyclic) bond motifs is 2. The van der Waals surface area contributed by atoms with E-state index >= 15 is 0 Å². The largest absolute Gasteiger partial charge is 0.481 e. The molecule has 0 spiro atoms. The first-order valence-electron chi connectivity index (χ1n) is 15.8. The third kappa shape index (κ3) is 3.83. The normalized spacial score (nSPS) is 45.4. The highest BCUT2D eigenvalue weighted by molar-refractivity contribution is 5.90. The predicted molar refractivity (Wildman–Crippen MR) is 150 cm³/mol. The van der Waals surface area contributed by atoms with Crippen molar-refractivity contribution < 1.29 is 24.2 Å². The van der Waals surface area contributed by atoms with Crippen LogP contribution in [0.2, 0.25) is 0 Å². The second kappa shape index (κ2) is 10.1. The topological polar surface area (TPSA) is 76.1 Å². The monoisotopic (exact) mass is 539 g/mol. The van der Waals surface area contributed by atoms with Crippen LogP contribution in [0.15, 0.2) is 23.3 Å². The first kappa shape index (κ1) is 27.7. The molecule has 216 valence electrons. The molecule has 6 heteroatoms. The molecule has 39 heavy (non-hydrogen) atoms. The Morgan fingerprint density at radius 2 is 1.97 bits per heavy atom. The van der Waals surface area contributed by atoms with Gasteiger partial charge in [0.25, 0.3) is 0 Å². The molecule has 1 saturated heterocycles. The van der Waals surface area contributed by atoms with Gasteiger partial charge in [-0.3, -0.25) is 9.69 Å². The molecule has 4 bridgehead atoms. The number of nitrogens with zero attached hydrogens (tertiary/aromatic N) is 1. The minimum atomic E-state index is -1.18. The molecule has 0 amide bonds. The maximum atomic E-state index is 13.6. The van der Waals surface area contributed by atoms with Gasteiger partial charge in [-0.05, 0) is 81.5 Å². The smallest absolute Gasteiger partial charge is 0.315 e. The molecular formula is C33H49NO5. The molecule has 0 aromatic rings. The molecule has 9 atom stereocenters. The molecule has 0 aromatic carbocycles. The van der Waals surface area contributed by atoms with E-state index < -0.39 is 22.2 Å². The van der Waals surface area contributed by atoms with Crippen molar-refractivity contribution in [1.29, 1.82) is 0 Å². The Morgan fingerprint density at radius 1 is 1.21 bits per heavy atom. The second-order valence-electron chi connectivity index (χ2n) is 14.3. The van der Waals surface area contributed by atoms with Gasteiger partial charge in [-0.1, -0.05) is 56.9 Å².